The third-order valence-electron chi connectivity index (χ3n) is 11.0. The van der Waals surface area contributed by atoms with Crippen molar-refractivity contribution in [1.82, 2.24) is 0 Å². The number of amides is 1. The fraction of sp³-hybridized carbons (Fsp3) is 0.515. The maximum atomic E-state index is 14.0. The highest BCUT2D eigenvalue weighted by Gasteiger charge is 2.75. The Morgan fingerprint density at radius 1 is 1.02 bits per heavy atom. The number of aromatic hydroxyl groups is 2. The number of anilines is 1. The average Bonchev–Trinajstić information content (AvgIpc) is 3.37. The smallest absolute Gasteiger partial charge is 0.416 e. The van der Waals surface area contributed by atoms with E-state index in [1.165, 1.54) is 0 Å². The van der Waals surface area contributed by atoms with E-state index in [0.29, 0.717) is 43.2 Å². The van der Waals surface area contributed by atoms with Crippen LogP contribution in [0.25, 0.3) is 0 Å². The number of carboxylic acid groups (broad SMARTS) is 1. The van der Waals surface area contributed by atoms with Gasteiger partial charge in [0.05, 0.1) is 22.8 Å². The van der Waals surface area contributed by atoms with Crippen molar-refractivity contribution in [2.45, 2.75) is 81.7 Å². The zero-order valence-electron chi connectivity index (χ0n) is 26.0. The normalized spacial score (nSPS) is 31.9. The van der Waals surface area contributed by atoms with Crippen LogP contribution in [0.1, 0.15) is 84.2 Å². The van der Waals surface area contributed by atoms with Crippen LogP contribution in [0, 0.1) is 22.7 Å². The summed E-state index contributed by atoms with van der Waals surface area (Å²) in [6, 6.07) is 2.65. The number of carbonyl (C=O) groups is 4. The number of carbonyl (C=O) groups excluding carboxylic acids is 3. The number of benzene rings is 2. The molecule has 2 aliphatic heterocycles. The SMILES string of the molecule is C[C@]12C[C@]34C[C@@H]1C[C@H](O2)[C@H]3[C@](C)(CCC(=O)Nc1c(O)ccc(C(=O)O)c1O)C(=O)C[C@@H]4SC(=O)c1cc(C(F)(F)F)cc(C(F)(F)F)c1. The Morgan fingerprint density at radius 2 is 1.65 bits per heavy atom. The number of halogens is 6. The molecular formula is C33H31F6NO8S. The largest absolute Gasteiger partial charge is 0.506 e. The van der Waals surface area contributed by atoms with Gasteiger partial charge in [-0.1, -0.05) is 18.7 Å². The number of rotatable bonds is 7. The lowest BCUT2D eigenvalue weighted by atomic mass is 9.48. The Labute approximate surface area is 279 Å². The van der Waals surface area contributed by atoms with Crippen LogP contribution in [0.4, 0.5) is 32.0 Å². The van der Waals surface area contributed by atoms with Gasteiger partial charge in [0.25, 0.3) is 0 Å². The minimum absolute atomic E-state index is 0.0423. The molecule has 2 saturated heterocycles. The fourth-order valence-electron chi connectivity index (χ4n) is 8.94. The molecule has 49 heavy (non-hydrogen) atoms. The number of ether oxygens (including phenoxy) is 1. The van der Waals surface area contributed by atoms with Gasteiger partial charge in [0.1, 0.15) is 22.8 Å². The van der Waals surface area contributed by atoms with Crippen molar-refractivity contribution in [2.24, 2.45) is 22.7 Å². The summed E-state index contributed by atoms with van der Waals surface area (Å²) in [5.41, 5.74) is -7.68. The van der Waals surface area contributed by atoms with Crippen molar-refractivity contribution in [2.75, 3.05) is 5.32 Å². The Kier molecular flexibility index (Phi) is 8.13. The van der Waals surface area contributed by atoms with Gasteiger partial charge in [-0.15, -0.1) is 0 Å². The summed E-state index contributed by atoms with van der Waals surface area (Å²) in [6.45, 7) is 3.60. The fourth-order valence-corrected chi connectivity index (χ4v) is 10.3. The molecule has 4 bridgehead atoms. The molecule has 0 aromatic heterocycles. The summed E-state index contributed by atoms with van der Waals surface area (Å²) in [6.07, 6.45) is -9.84. The molecule has 7 atom stereocenters. The van der Waals surface area contributed by atoms with E-state index in [0.717, 1.165) is 12.1 Å². The molecule has 5 aliphatic rings. The lowest BCUT2D eigenvalue weighted by molar-refractivity contribution is -0.189. The summed E-state index contributed by atoms with van der Waals surface area (Å²) < 4.78 is 87.7. The molecule has 2 aromatic rings. The Hall–Kier alpha value is -3.79. The predicted octanol–water partition coefficient (Wildman–Crippen LogP) is 7.05. The number of phenols is 2. The van der Waals surface area contributed by atoms with Gasteiger partial charge in [0, 0.05) is 35.0 Å². The summed E-state index contributed by atoms with van der Waals surface area (Å²) in [4.78, 5) is 52.0. The Morgan fingerprint density at radius 3 is 2.22 bits per heavy atom. The van der Waals surface area contributed by atoms with Crippen LogP contribution in [-0.4, -0.2) is 55.0 Å². The molecule has 3 aliphatic carbocycles. The highest BCUT2D eigenvalue weighted by molar-refractivity contribution is 8.14. The van der Waals surface area contributed by atoms with Gasteiger partial charge >= 0.3 is 18.3 Å². The van der Waals surface area contributed by atoms with Gasteiger partial charge < -0.3 is 25.4 Å². The van der Waals surface area contributed by atoms with Crippen LogP contribution in [-0.2, 0) is 26.7 Å². The van der Waals surface area contributed by atoms with Crippen LogP contribution in [0.5, 0.6) is 11.5 Å². The van der Waals surface area contributed by atoms with Crippen molar-refractivity contribution >= 4 is 40.2 Å². The summed E-state index contributed by atoms with van der Waals surface area (Å²) in [5, 5.41) is 30.2. The third-order valence-corrected chi connectivity index (χ3v) is 12.4. The second kappa shape index (κ2) is 11.4. The molecular weight excluding hydrogens is 684 g/mol. The summed E-state index contributed by atoms with van der Waals surface area (Å²) in [5.74, 6) is -4.55. The predicted molar refractivity (Wildman–Crippen MR) is 161 cm³/mol. The first-order valence-corrected chi connectivity index (χ1v) is 16.3. The number of hydrogen-bond donors (Lipinski definition) is 4. The minimum atomic E-state index is -5.15. The number of hydrogen-bond acceptors (Lipinski definition) is 8. The molecule has 7 rings (SSSR count). The Bertz CT molecular complexity index is 1750. The first kappa shape index (κ1) is 35.1. The van der Waals surface area contributed by atoms with Crippen LogP contribution in [0.15, 0.2) is 30.3 Å². The molecule has 2 aromatic carbocycles. The van der Waals surface area contributed by atoms with Crippen LogP contribution in [0.2, 0.25) is 0 Å². The molecule has 0 radical (unpaired) electrons. The van der Waals surface area contributed by atoms with Gasteiger partial charge in [-0.2, -0.15) is 26.3 Å². The van der Waals surface area contributed by atoms with E-state index in [-0.39, 0.29) is 37.0 Å². The second-order valence-electron chi connectivity index (χ2n) is 13.9. The van der Waals surface area contributed by atoms with E-state index >= 15 is 0 Å². The molecule has 0 unspecified atom stereocenters. The van der Waals surface area contributed by atoms with Crippen LogP contribution >= 0.6 is 11.8 Å². The number of Topliss-reactive ketones (excluding diaryl/α,β-unsaturated/α-hetero) is 1. The lowest BCUT2D eigenvalue weighted by Crippen LogP contribution is -2.63. The lowest BCUT2D eigenvalue weighted by Gasteiger charge is -2.60. The summed E-state index contributed by atoms with van der Waals surface area (Å²) >= 11 is 0.574. The van der Waals surface area contributed by atoms with Gasteiger partial charge in [-0.3, -0.25) is 14.4 Å². The first-order chi connectivity index (χ1) is 22.6. The molecule has 5 fully saturated rings. The summed E-state index contributed by atoms with van der Waals surface area (Å²) in [7, 11) is 0. The molecule has 2 heterocycles. The van der Waals surface area contributed by atoms with Crippen molar-refractivity contribution < 1.29 is 65.6 Å². The third kappa shape index (κ3) is 5.73. The maximum Gasteiger partial charge on any atom is 0.416 e. The van der Waals surface area contributed by atoms with Crippen molar-refractivity contribution in [3.63, 3.8) is 0 Å². The number of carboxylic acids is 1. The van der Waals surface area contributed by atoms with E-state index in [2.05, 4.69) is 5.32 Å². The minimum Gasteiger partial charge on any atom is -0.506 e. The number of nitrogens with one attached hydrogen (secondary N) is 1. The highest BCUT2D eigenvalue weighted by atomic mass is 32.2. The monoisotopic (exact) mass is 715 g/mol. The van der Waals surface area contributed by atoms with E-state index in [9.17, 15) is 60.8 Å². The number of phenolic OH excluding ortho intramolecular Hbond substituents is 1. The molecule has 1 spiro atoms. The van der Waals surface area contributed by atoms with Gasteiger partial charge in [0.2, 0.25) is 11.0 Å². The van der Waals surface area contributed by atoms with Gasteiger partial charge in [0.15, 0.2) is 5.75 Å². The number of ketones is 1. The molecule has 16 heteroatoms. The Balaban J connectivity index is 1.28. The van der Waals surface area contributed by atoms with E-state index in [1.54, 1.807) is 6.92 Å². The molecule has 3 saturated carbocycles. The molecule has 4 N–H and O–H groups in total. The second-order valence-corrected chi connectivity index (χ2v) is 15.1. The van der Waals surface area contributed by atoms with E-state index in [1.807, 2.05) is 6.92 Å². The maximum absolute atomic E-state index is 14.0. The van der Waals surface area contributed by atoms with Crippen LogP contribution < -0.4 is 5.32 Å². The average molecular weight is 716 g/mol. The van der Waals surface area contributed by atoms with Crippen molar-refractivity contribution in [3.05, 3.63) is 52.6 Å². The van der Waals surface area contributed by atoms with E-state index in [4.69, 9.17) is 4.74 Å². The van der Waals surface area contributed by atoms with E-state index < -0.39 is 102 Å². The number of thioether (sulfide) groups is 1. The van der Waals surface area contributed by atoms with Crippen molar-refractivity contribution in [1.29, 1.82) is 0 Å². The number of aromatic carboxylic acids is 1. The highest BCUT2D eigenvalue weighted by Crippen LogP contribution is 2.74. The molecule has 264 valence electrons. The zero-order valence-corrected chi connectivity index (χ0v) is 26.8. The topological polar surface area (TPSA) is 150 Å². The van der Waals surface area contributed by atoms with Crippen LogP contribution in [0.3, 0.4) is 0 Å². The first-order valence-electron chi connectivity index (χ1n) is 15.4. The van der Waals surface area contributed by atoms with Gasteiger partial charge in [-0.25, -0.2) is 4.79 Å². The quantitative estimate of drug-likeness (QED) is 0.175. The van der Waals surface area contributed by atoms with Crippen molar-refractivity contribution in [3.8, 4) is 11.5 Å². The molecule has 9 nitrogen and oxygen atoms in total. The van der Waals surface area contributed by atoms with Gasteiger partial charge in [-0.05, 0) is 74.3 Å². The molecule has 1 amide bonds. The zero-order chi connectivity index (χ0) is 36.1. The number of alkyl halides is 6. The standard InChI is InChI=1S/C33H31F6NO8S/c1-29(6-5-23(43)40-24-19(41)4-3-18(25(24)44)27(45)46)21(42)11-22(31-12-17-10-20(26(29)31)48-30(17,2)13-31)49-28(47)14-7-15(32(34,35)36)9-16(8-14)33(37,38)39/h3-4,7-9,17,20,22,26,41,44H,5-6,10-13H2,1-2H3,(H,40,43)(H,45,46)/t17-,20-,22-,26-,29+,30-,31-/m0/s1.